The van der Waals surface area contributed by atoms with Crippen LogP contribution in [0.3, 0.4) is 0 Å². The summed E-state index contributed by atoms with van der Waals surface area (Å²) in [5, 5.41) is 4.95. The topological polar surface area (TPSA) is 83.3 Å². The lowest BCUT2D eigenvalue weighted by molar-refractivity contribution is 0.249. The van der Waals surface area contributed by atoms with Gasteiger partial charge in [0.05, 0.1) is 5.71 Å². The van der Waals surface area contributed by atoms with E-state index in [0.29, 0.717) is 5.71 Å². The molecule has 2 rings (SSSR count). The van der Waals surface area contributed by atoms with Crippen LogP contribution < -0.4 is 11.2 Å². The number of hydrogen-bond acceptors (Lipinski definition) is 2. The van der Waals surface area contributed by atoms with E-state index in [-0.39, 0.29) is 0 Å². The molecule has 5 heteroatoms. The molecule has 5 nitrogen and oxygen atoms in total. The van der Waals surface area contributed by atoms with E-state index >= 15 is 0 Å². The van der Waals surface area contributed by atoms with E-state index in [1.165, 1.54) is 0 Å². The molecule has 0 aliphatic carbocycles. The van der Waals surface area contributed by atoms with Crippen molar-refractivity contribution in [2.24, 2.45) is 10.8 Å². The Morgan fingerprint density at radius 2 is 2.19 bits per heavy atom. The number of benzene rings is 1. The van der Waals surface area contributed by atoms with Gasteiger partial charge in [-0.1, -0.05) is 18.2 Å². The summed E-state index contributed by atoms with van der Waals surface area (Å²) in [7, 11) is 0. The normalized spacial score (nSPS) is 11.7. The fraction of sp³-hybridized carbons (Fsp3) is 0.0909. The van der Waals surface area contributed by atoms with Crippen molar-refractivity contribution in [3.8, 4) is 0 Å². The van der Waals surface area contributed by atoms with Crippen molar-refractivity contribution in [3.05, 3.63) is 36.0 Å². The Morgan fingerprint density at radius 1 is 1.44 bits per heavy atom. The highest BCUT2D eigenvalue weighted by atomic mass is 16.2. The van der Waals surface area contributed by atoms with Crippen LogP contribution in [0.5, 0.6) is 0 Å². The summed E-state index contributed by atoms with van der Waals surface area (Å²) in [6.07, 6.45) is 1.85. The average Bonchev–Trinajstić information content (AvgIpc) is 2.69. The number of nitrogens with zero attached hydrogens (tertiary/aromatic N) is 1. The number of hydrogen-bond donors (Lipinski definition) is 3. The summed E-state index contributed by atoms with van der Waals surface area (Å²) in [6.45, 7) is 1.81. The molecule has 0 unspecified atom stereocenters. The number of carbonyl (C=O) groups excluding carboxylic acids is 1. The second kappa shape index (κ2) is 4.06. The summed E-state index contributed by atoms with van der Waals surface area (Å²) in [5.41, 5.74) is 9.84. The third-order valence-electron chi connectivity index (χ3n) is 2.31. The number of para-hydroxylation sites is 1. The molecule has 82 valence electrons. The fourth-order valence-corrected chi connectivity index (χ4v) is 1.57. The van der Waals surface area contributed by atoms with E-state index in [2.05, 4.69) is 15.5 Å². The van der Waals surface area contributed by atoms with Gasteiger partial charge in [-0.2, -0.15) is 5.10 Å². The highest BCUT2D eigenvalue weighted by Crippen LogP contribution is 2.17. The monoisotopic (exact) mass is 216 g/mol. The van der Waals surface area contributed by atoms with Crippen LogP contribution in [0, 0.1) is 0 Å². The molecule has 1 heterocycles. The molecule has 0 radical (unpaired) electrons. The number of aromatic nitrogens is 1. The number of hydrazone groups is 1. The van der Waals surface area contributed by atoms with E-state index < -0.39 is 6.03 Å². The van der Waals surface area contributed by atoms with E-state index in [1.54, 1.807) is 0 Å². The predicted molar refractivity (Wildman–Crippen MR) is 63.2 cm³/mol. The Balaban J connectivity index is 2.40. The van der Waals surface area contributed by atoms with Crippen molar-refractivity contribution in [2.75, 3.05) is 0 Å². The van der Waals surface area contributed by atoms with Gasteiger partial charge >= 0.3 is 6.03 Å². The van der Waals surface area contributed by atoms with Crippen LogP contribution in [0.15, 0.2) is 35.6 Å². The van der Waals surface area contributed by atoms with Crippen LogP contribution in [0.2, 0.25) is 0 Å². The largest absolute Gasteiger partial charge is 0.360 e. The molecular weight excluding hydrogens is 204 g/mol. The number of rotatable bonds is 2. The van der Waals surface area contributed by atoms with E-state index in [9.17, 15) is 4.79 Å². The summed E-state index contributed by atoms with van der Waals surface area (Å²) >= 11 is 0. The number of urea groups is 1. The predicted octanol–water partition coefficient (Wildman–Crippen LogP) is 1.56. The van der Waals surface area contributed by atoms with Crippen LogP contribution in [0.4, 0.5) is 4.79 Å². The Morgan fingerprint density at radius 3 is 2.94 bits per heavy atom. The maximum atomic E-state index is 10.5. The first-order valence-electron chi connectivity index (χ1n) is 4.84. The first-order valence-corrected chi connectivity index (χ1v) is 4.84. The van der Waals surface area contributed by atoms with Crippen molar-refractivity contribution >= 4 is 22.6 Å². The minimum atomic E-state index is -0.667. The number of primary amides is 1. The number of H-pyrrole nitrogens is 1. The van der Waals surface area contributed by atoms with Gasteiger partial charge < -0.3 is 10.7 Å². The zero-order valence-corrected chi connectivity index (χ0v) is 8.82. The SMILES string of the molecule is CC(=NNC(N)=O)c1c[nH]c2ccccc12. The summed E-state index contributed by atoms with van der Waals surface area (Å²) in [5.74, 6) is 0. The molecule has 2 aromatic rings. The zero-order valence-electron chi connectivity index (χ0n) is 8.82. The van der Waals surface area contributed by atoms with Gasteiger partial charge in [0.1, 0.15) is 0 Å². The number of nitrogens with two attached hydrogens (primary N) is 1. The summed E-state index contributed by atoms with van der Waals surface area (Å²) < 4.78 is 0. The van der Waals surface area contributed by atoms with Gasteiger partial charge in [0.15, 0.2) is 0 Å². The van der Waals surface area contributed by atoms with Gasteiger partial charge in [0, 0.05) is 22.7 Å². The van der Waals surface area contributed by atoms with Crippen LogP contribution in [-0.4, -0.2) is 16.7 Å². The first kappa shape index (κ1) is 10.2. The van der Waals surface area contributed by atoms with Crippen LogP contribution in [0.25, 0.3) is 10.9 Å². The third kappa shape index (κ3) is 1.88. The standard InChI is InChI=1S/C11H12N4O/c1-7(14-15-11(12)16)9-6-13-10-5-3-2-4-8(9)10/h2-6,13H,1H3,(H3,12,15,16). The van der Waals surface area contributed by atoms with Crippen LogP contribution in [-0.2, 0) is 0 Å². The number of amides is 2. The molecule has 2 amide bonds. The second-order valence-electron chi connectivity index (χ2n) is 3.42. The molecule has 4 N–H and O–H groups in total. The highest BCUT2D eigenvalue weighted by Gasteiger charge is 2.05. The molecule has 0 aliphatic heterocycles. The molecule has 0 atom stereocenters. The lowest BCUT2D eigenvalue weighted by Gasteiger charge is -1.98. The maximum absolute atomic E-state index is 10.5. The minimum Gasteiger partial charge on any atom is -0.360 e. The summed E-state index contributed by atoms with van der Waals surface area (Å²) in [4.78, 5) is 13.7. The first-order chi connectivity index (χ1) is 7.68. The molecular formula is C11H12N4O. The van der Waals surface area contributed by atoms with Gasteiger partial charge in [0.2, 0.25) is 0 Å². The molecule has 0 aliphatic rings. The maximum Gasteiger partial charge on any atom is 0.332 e. The van der Waals surface area contributed by atoms with Gasteiger partial charge in [-0.05, 0) is 13.0 Å². The summed E-state index contributed by atoms with van der Waals surface area (Å²) in [6, 6.07) is 7.21. The third-order valence-corrected chi connectivity index (χ3v) is 2.31. The Labute approximate surface area is 92.3 Å². The average molecular weight is 216 g/mol. The Bertz CT molecular complexity index is 556. The second-order valence-corrected chi connectivity index (χ2v) is 3.42. The zero-order chi connectivity index (χ0) is 11.5. The lowest BCUT2D eigenvalue weighted by Crippen LogP contribution is -2.25. The molecule has 0 bridgehead atoms. The fourth-order valence-electron chi connectivity index (χ4n) is 1.57. The lowest BCUT2D eigenvalue weighted by atomic mass is 10.1. The van der Waals surface area contributed by atoms with Gasteiger partial charge in [-0.15, -0.1) is 0 Å². The van der Waals surface area contributed by atoms with Crippen LogP contribution in [0.1, 0.15) is 12.5 Å². The van der Waals surface area contributed by atoms with Crippen molar-refractivity contribution < 1.29 is 4.79 Å². The van der Waals surface area contributed by atoms with E-state index in [4.69, 9.17) is 5.73 Å². The molecule has 1 aromatic carbocycles. The molecule has 0 spiro atoms. The van der Waals surface area contributed by atoms with Gasteiger partial charge in [0.25, 0.3) is 0 Å². The number of carbonyl (C=O) groups is 1. The minimum absolute atomic E-state index is 0.667. The Hall–Kier alpha value is -2.30. The van der Waals surface area contributed by atoms with Gasteiger partial charge in [-0.25, -0.2) is 10.2 Å². The van der Waals surface area contributed by atoms with Crippen molar-refractivity contribution in [3.63, 3.8) is 0 Å². The van der Waals surface area contributed by atoms with Gasteiger partial charge in [-0.3, -0.25) is 0 Å². The number of aromatic amines is 1. The quantitative estimate of drug-likeness (QED) is 0.516. The van der Waals surface area contributed by atoms with Crippen LogP contribution >= 0.6 is 0 Å². The van der Waals surface area contributed by atoms with Crippen molar-refractivity contribution in [1.82, 2.24) is 10.4 Å². The smallest absolute Gasteiger partial charge is 0.332 e. The van der Waals surface area contributed by atoms with E-state index in [0.717, 1.165) is 16.5 Å². The Kier molecular flexibility index (Phi) is 2.59. The number of nitrogens with one attached hydrogen (secondary N) is 2. The highest BCUT2D eigenvalue weighted by molar-refractivity contribution is 6.09. The molecule has 0 saturated heterocycles. The number of fused-ring (bicyclic) bond motifs is 1. The molecule has 1 aromatic heterocycles. The molecule has 0 fully saturated rings. The molecule has 0 saturated carbocycles. The molecule has 16 heavy (non-hydrogen) atoms. The van der Waals surface area contributed by atoms with Crippen molar-refractivity contribution in [2.45, 2.75) is 6.92 Å². The van der Waals surface area contributed by atoms with Crippen molar-refractivity contribution in [1.29, 1.82) is 0 Å². The van der Waals surface area contributed by atoms with E-state index in [1.807, 2.05) is 37.4 Å².